The van der Waals surface area contributed by atoms with Crippen molar-refractivity contribution in [3.8, 4) is 0 Å². The average molecular weight is 703 g/mol. The van der Waals surface area contributed by atoms with Crippen molar-refractivity contribution in [2.45, 2.75) is 104 Å². The van der Waals surface area contributed by atoms with E-state index >= 15 is 0 Å². The molecule has 1 aromatic rings. The number of carbonyl (C=O) groups excluding carboxylic acids is 4. The lowest BCUT2D eigenvalue weighted by molar-refractivity contribution is -0.295. The predicted molar refractivity (Wildman–Crippen MR) is 187 cm³/mol. The number of rotatable bonds is 9. The number of hydrogen-bond donors (Lipinski definition) is 0. The maximum absolute atomic E-state index is 14.4. The van der Waals surface area contributed by atoms with E-state index in [0.29, 0.717) is 24.9 Å². The van der Waals surface area contributed by atoms with Gasteiger partial charge in [-0.3, -0.25) is 14.5 Å². The first-order valence-corrected chi connectivity index (χ1v) is 17.5. The molecule has 0 bridgehead atoms. The largest absolute Gasteiger partial charge is 0.463 e. The van der Waals surface area contributed by atoms with Crippen molar-refractivity contribution in [1.82, 2.24) is 9.80 Å². The Morgan fingerprint density at radius 3 is 2.34 bits per heavy atom. The molecule has 9 atom stereocenters. The zero-order valence-corrected chi connectivity index (χ0v) is 31.7. The first-order valence-electron chi connectivity index (χ1n) is 17.5. The van der Waals surface area contributed by atoms with Crippen LogP contribution in [0.1, 0.15) is 71.7 Å². The van der Waals surface area contributed by atoms with Gasteiger partial charge >= 0.3 is 17.9 Å². The summed E-state index contributed by atoms with van der Waals surface area (Å²) in [5, 5.41) is 0. The Kier molecular flexibility index (Phi) is 14.7. The lowest BCUT2D eigenvalue weighted by Crippen LogP contribution is -2.60. The average Bonchev–Trinajstić information content (AvgIpc) is 3.06. The van der Waals surface area contributed by atoms with E-state index < -0.39 is 65.2 Å². The summed E-state index contributed by atoms with van der Waals surface area (Å²) in [6, 6.07) is 8.00. The third-order valence-corrected chi connectivity index (χ3v) is 9.89. The molecule has 0 aromatic heterocycles. The van der Waals surface area contributed by atoms with E-state index in [1.807, 2.05) is 50.9 Å². The minimum absolute atomic E-state index is 0.0197. The van der Waals surface area contributed by atoms with Crippen LogP contribution >= 0.6 is 0 Å². The molecule has 2 saturated heterocycles. The van der Waals surface area contributed by atoms with Crippen molar-refractivity contribution in [1.29, 1.82) is 0 Å². The fourth-order valence-electron chi connectivity index (χ4n) is 7.02. The minimum Gasteiger partial charge on any atom is -0.463 e. The van der Waals surface area contributed by atoms with Gasteiger partial charge in [0.15, 0.2) is 18.2 Å². The van der Waals surface area contributed by atoms with Crippen LogP contribution in [0.5, 0.6) is 0 Å². The van der Waals surface area contributed by atoms with Crippen LogP contribution < -0.4 is 0 Å². The second kappa shape index (κ2) is 17.9. The summed E-state index contributed by atoms with van der Waals surface area (Å²) in [4.78, 5) is 57.5. The normalized spacial score (nSPS) is 33.2. The van der Waals surface area contributed by atoms with Crippen molar-refractivity contribution >= 4 is 23.7 Å². The van der Waals surface area contributed by atoms with Crippen molar-refractivity contribution in [3.63, 3.8) is 0 Å². The number of hydrogen-bond acceptors (Lipinski definition) is 12. The summed E-state index contributed by atoms with van der Waals surface area (Å²) in [5.74, 6) is -3.02. The molecule has 0 radical (unpaired) electrons. The molecule has 3 rings (SSSR count). The fraction of sp³-hybridized carbons (Fsp3) is 0.684. The van der Waals surface area contributed by atoms with Crippen molar-refractivity contribution in [2.24, 2.45) is 17.3 Å². The third kappa shape index (κ3) is 10.2. The minimum atomic E-state index is -1.56. The molecule has 0 saturated carbocycles. The standard InChI is InChI=1S/C38H58N2O10/c1-12-46-30(41)19-18-28-23-47-36(44)37(5,6)32(42)26(4)33(38(7,45-11)21-24(2)22-40(28)10)50-35-31(29(39(8)9)20-25(3)48-35)49-34(43)27-16-14-13-15-17-27/h13-19,24-26,28-29,31,33,35H,12,20-23H2,1-11H3/b19-18+/t24-,25-,26+,28-,29+,31-,33-,35+,38-/m1/s1. The quantitative estimate of drug-likeness (QED) is 0.157. The van der Waals surface area contributed by atoms with Crippen LogP contribution in [-0.4, -0.2) is 124 Å². The molecule has 1 aromatic carbocycles. The van der Waals surface area contributed by atoms with Crippen LogP contribution in [0.4, 0.5) is 0 Å². The molecule has 2 aliphatic heterocycles. The maximum Gasteiger partial charge on any atom is 0.338 e. The fourth-order valence-corrected chi connectivity index (χ4v) is 7.02. The van der Waals surface area contributed by atoms with Gasteiger partial charge in [0.1, 0.15) is 12.0 Å². The first kappa shape index (κ1) is 41.3. The molecule has 50 heavy (non-hydrogen) atoms. The van der Waals surface area contributed by atoms with E-state index in [1.165, 1.54) is 19.9 Å². The SMILES string of the molecule is CCOC(=O)/C=C/[C@@H]1COC(=O)C(C)(C)C(=O)[C@H](C)[C@@H](O[C@@H]2O[C@H](C)C[C@H](N(C)C)[C@H]2OC(=O)c2ccccc2)[C@](C)(OC)C[C@@H](C)CN1C. The van der Waals surface area contributed by atoms with E-state index in [-0.39, 0.29) is 31.3 Å². The number of benzene rings is 1. The molecule has 0 amide bonds. The highest BCUT2D eigenvalue weighted by Crippen LogP contribution is 2.39. The Morgan fingerprint density at radius 2 is 1.74 bits per heavy atom. The molecular formula is C38H58N2O10. The van der Waals surface area contributed by atoms with Gasteiger partial charge in [-0.25, -0.2) is 9.59 Å². The molecule has 0 spiro atoms. The van der Waals surface area contributed by atoms with Crippen LogP contribution in [0.25, 0.3) is 0 Å². The number of nitrogens with zero attached hydrogens (tertiary/aromatic N) is 2. The number of ketones is 1. The Balaban J connectivity index is 2.06. The molecule has 0 unspecified atom stereocenters. The Bertz CT molecular complexity index is 1330. The van der Waals surface area contributed by atoms with Gasteiger partial charge in [0.2, 0.25) is 0 Å². The van der Waals surface area contributed by atoms with E-state index in [0.717, 1.165) is 0 Å². The number of esters is 3. The van der Waals surface area contributed by atoms with Crippen LogP contribution in [0.2, 0.25) is 0 Å². The monoisotopic (exact) mass is 702 g/mol. The molecular weight excluding hydrogens is 644 g/mol. The van der Waals surface area contributed by atoms with Gasteiger partial charge in [-0.15, -0.1) is 0 Å². The summed E-state index contributed by atoms with van der Waals surface area (Å²) in [6.07, 6.45) is 0.905. The smallest absolute Gasteiger partial charge is 0.338 e. The van der Waals surface area contributed by atoms with Gasteiger partial charge in [0.05, 0.1) is 42.1 Å². The van der Waals surface area contributed by atoms with Crippen LogP contribution in [0, 0.1) is 17.3 Å². The van der Waals surface area contributed by atoms with Gasteiger partial charge in [-0.05, 0) is 86.7 Å². The molecule has 0 aliphatic carbocycles. The Labute approximate surface area is 297 Å². The number of Topliss-reactive ketones (excluding diaryl/α,β-unsaturated/α-hetero) is 1. The van der Waals surface area contributed by atoms with E-state index in [1.54, 1.807) is 51.3 Å². The summed E-state index contributed by atoms with van der Waals surface area (Å²) < 4.78 is 36.5. The third-order valence-electron chi connectivity index (χ3n) is 9.89. The van der Waals surface area contributed by atoms with E-state index in [9.17, 15) is 19.2 Å². The summed E-state index contributed by atoms with van der Waals surface area (Å²) in [6.45, 7) is 13.1. The Morgan fingerprint density at radius 1 is 1.08 bits per heavy atom. The second-order valence-corrected chi connectivity index (χ2v) is 14.7. The van der Waals surface area contributed by atoms with Crippen LogP contribution in [-0.2, 0) is 42.8 Å². The zero-order valence-electron chi connectivity index (χ0n) is 31.7. The highest BCUT2D eigenvalue weighted by Gasteiger charge is 2.52. The van der Waals surface area contributed by atoms with Gasteiger partial charge in [0, 0.05) is 25.6 Å². The molecule has 0 N–H and O–H groups in total. The number of methoxy groups -OCH3 is 1. The molecule has 2 fully saturated rings. The topological polar surface area (TPSA) is 130 Å². The lowest BCUT2D eigenvalue weighted by Gasteiger charge is -2.47. The van der Waals surface area contributed by atoms with Gasteiger partial charge in [-0.1, -0.05) is 38.1 Å². The zero-order chi connectivity index (χ0) is 37.4. The molecule has 2 aliphatic rings. The first-order chi connectivity index (χ1) is 23.4. The van der Waals surface area contributed by atoms with Crippen molar-refractivity contribution < 1.29 is 47.6 Å². The summed E-state index contributed by atoms with van der Waals surface area (Å²) >= 11 is 0. The highest BCUT2D eigenvalue weighted by atomic mass is 16.7. The van der Waals surface area contributed by atoms with Crippen LogP contribution in [0.15, 0.2) is 42.5 Å². The van der Waals surface area contributed by atoms with Gasteiger partial charge in [0.25, 0.3) is 0 Å². The lowest BCUT2D eigenvalue weighted by atomic mass is 9.74. The van der Waals surface area contributed by atoms with Crippen LogP contribution in [0.3, 0.4) is 0 Å². The summed E-state index contributed by atoms with van der Waals surface area (Å²) in [5.41, 5.74) is -2.23. The van der Waals surface area contributed by atoms with Crippen molar-refractivity contribution in [3.05, 3.63) is 48.0 Å². The van der Waals surface area contributed by atoms with Gasteiger partial charge < -0.3 is 33.3 Å². The molecule has 12 heteroatoms. The number of ether oxygens (including phenoxy) is 6. The second-order valence-electron chi connectivity index (χ2n) is 14.7. The number of likely N-dealkylation sites (N-methyl/N-ethyl adjacent to an activating group) is 2. The summed E-state index contributed by atoms with van der Waals surface area (Å²) in [7, 11) is 7.28. The number of cyclic esters (lactones) is 1. The molecule has 2 heterocycles. The van der Waals surface area contributed by atoms with Gasteiger partial charge in [-0.2, -0.15) is 0 Å². The van der Waals surface area contributed by atoms with E-state index in [2.05, 4.69) is 6.92 Å². The molecule has 12 nitrogen and oxygen atoms in total. The Hall–Kier alpha value is -3.16. The number of carbonyl (C=O) groups is 4. The van der Waals surface area contributed by atoms with E-state index in [4.69, 9.17) is 28.4 Å². The predicted octanol–water partition coefficient (Wildman–Crippen LogP) is 4.30. The maximum atomic E-state index is 14.4. The highest BCUT2D eigenvalue weighted by molar-refractivity contribution is 6.04. The molecule has 280 valence electrons. The van der Waals surface area contributed by atoms with Crippen molar-refractivity contribution in [2.75, 3.05) is 48.0 Å².